The first kappa shape index (κ1) is 16.8. The number of hydrogen-bond donors (Lipinski definition) is 1. The minimum absolute atomic E-state index is 0.0568. The van der Waals surface area contributed by atoms with E-state index in [2.05, 4.69) is 12.2 Å². The zero-order valence-corrected chi connectivity index (χ0v) is 13.2. The van der Waals surface area contributed by atoms with Gasteiger partial charge in [-0.25, -0.2) is 4.79 Å². The Bertz CT molecular complexity index is 337. The molecule has 1 fully saturated rings. The number of ether oxygens (including phenoxy) is 1. The minimum atomic E-state index is -0.520. The van der Waals surface area contributed by atoms with Crippen molar-refractivity contribution < 1.29 is 14.3 Å². The van der Waals surface area contributed by atoms with Crippen molar-refractivity contribution in [3.63, 3.8) is 0 Å². The molecule has 20 heavy (non-hydrogen) atoms. The number of amides is 2. The summed E-state index contributed by atoms with van der Waals surface area (Å²) in [6, 6.07) is -0.351. The number of carbonyl (C=O) groups excluding carboxylic acids is 2. The van der Waals surface area contributed by atoms with Crippen LogP contribution in [0.1, 0.15) is 59.8 Å². The van der Waals surface area contributed by atoms with Gasteiger partial charge in [-0.3, -0.25) is 9.69 Å². The molecule has 0 aromatic carbocycles. The molecule has 1 rings (SSSR count). The molecule has 0 aromatic rings. The Hall–Kier alpha value is -1.26. The van der Waals surface area contributed by atoms with E-state index >= 15 is 0 Å². The van der Waals surface area contributed by atoms with Crippen LogP contribution in [-0.4, -0.2) is 41.6 Å². The lowest BCUT2D eigenvalue weighted by molar-refractivity contribution is -0.130. The van der Waals surface area contributed by atoms with Gasteiger partial charge in [-0.15, -0.1) is 0 Å². The van der Waals surface area contributed by atoms with Crippen molar-refractivity contribution in [3.05, 3.63) is 0 Å². The van der Waals surface area contributed by atoms with E-state index in [-0.39, 0.29) is 11.9 Å². The highest BCUT2D eigenvalue weighted by Crippen LogP contribution is 2.21. The molecular weight excluding hydrogens is 256 g/mol. The van der Waals surface area contributed by atoms with E-state index in [9.17, 15) is 9.59 Å². The molecule has 1 unspecified atom stereocenters. The molecule has 2 amide bonds. The van der Waals surface area contributed by atoms with Gasteiger partial charge in [-0.1, -0.05) is 26.2 Å². The lowest BCUT2D eigenvalue weighted by Gasteiger charge is -2.40. The Morgan fingerprint density at radius 3 is 2.45 bits per heavy atom. The highest BCUT2D eigenvalue weighted by Gasteiger charge is 2.39. The molecule has 0 saturated carbocycles. The van der Waals surface area contributed by atoms with Crippen molar-refractivity contribution in [3.8, 4) is 0 Å². The molecule has 1 saturated heterocycles. The third-order valence-corrected chi connectivity index (χ3v) is 3.28. The Morgan fingerprint density at radius 1 is 1.25 bits per heavy atom. The maximum Gasteiger partial charge on any atom is 0.410 e. The van der Waals surface area contributed by atoms with Crippen molar-refractivity contribution in [2.45, 2.75) is 71.4 Å². The summed E-state index contributed by atoms with van der Waals surface area (Å²) in [6.45, 7) is 8.93. The van der Waals surface area contributed by atoms with Gasteiger partial charge >= 0.3 is 6.09 Å². The summed E-state index contributed by atoms with van der Waals surface area (Å²) in [5.41, 5.74) is -0.520. The Balaban J connectivity index is 2.29. The van der Waals surface area contributed by atoms with Crippen molar-refractivity contribution in [1.82, 2.24) is 10.2 Å². The fraction of sp³-hybridized carbons (Fsp3) is 0.867. The molecule has 0 spiro atoms. The Labute approximate surface area is 122 Å². The molecule has 5 heteroatoms. The van der Waals surface area contributed by atoms with E-state index in [0.717, 1.165) is 19.3 Å². The fourth-order valence-corrected chi connectivity index (χ4v) is 2.08. The van der Waals surface area contributed by atoms with Gasteiger partial charge in [0.15, 0.2) is 0 Å². The Kier molecular flexibility index (Phi) is 6.30. The average molecular weight is 284 g/mol. The third kappa shape index (κ3) is 5.39. The molecule has 0 aromatic heterocycles. The summed E-state index contributed by atoms with van der Waals surface area (Å²) in [5, 5.41) is 2.90. The number of carbonyl (C=O) groups is 2. The number of rotatable bonds is 6. The maximum atomic E-state index is 12.0. The first-order valence-corrected chi connectivity index (χ1v) is 7.62. The summed E-state index contributed by atoms with van der Waals surface area (Å²) in [4.78, 5) is 25.4. The molecule has 1 N–H and O–H groups in total. The van der Waals surface area contributed by atoms with Crippen molar-refractivity contribution >= 4 is 12.0 Å². The third-order valence-electron chi connectivity index (χ3n) is 3.28. The lowest BCUT2D eigenvalue weighted by atomic mass is 10.0. The van der Waals surface area contributed by atoms with Crippen LogP contribution in [0, 0.1) is 0 Å². The lowest BCUT2D eigenvalue weighted by Crippen LogP contribution is -2.59. The van der Waals surface area contributed by atoms with Crippen LogP contribution in [0.2, 0.25) is 0 Å². The first-order valence-electron chi connectivity index (χ1n) is 7.62. The van der Waals surface area contributed by atoms with E-state index < -0.39 is 11.7 Å². The summed E-state index contributed by atoms with van der Waals surface area (Å²) in [7, 11) is 0. The second kappa shape index (κ2) is 7.50. The van der Waals surface area contributed by atoms with Crippen LogP contribution in [0.5, 0.6) is 0 Å². The molecule has 5 nitrogen and oxygen atoms in total. The molecule has 0 aliphatic carbocycles. The van der Waals surface area contributed by atoms with Crippen LogP contribution in [0.4, 0.5) is 4.79 Å². The van der Waals surface area contributed by atoms with Crippen molar-refractivity contribution in [2.24, 2.45) is 0 Å². The quantitative estimate of drug-likeness (QED) is 0.763. The zero-order chi connectivity index (χ0) is 15.2. The number of nitrogens with zero attached hydrogens (tertiary/aromatic N) is 1. The highest BCUT2D eigenvalue weighted by molar-refractivity contribution is 5.87. The van der Waals surface area contributed by atoms with Gasteiger partial charge in [0.25, 0.3) is 0 Å². The van der Waals surface area contributed by atoms with E-state index in [1.165, 1.54) is 17.7 Å². The van der Waals surface area contributed by atoms with E-state index in [4.69, 9.17) is 4.74 Å². The molecule has 1 atom stereocenters. The summed E-state index contributed by atoms with van der Waals surface area (Å²) in [6.07, 6.45) is 4.84. The highest BCUT2D eigenvalue weighted by atomic mass is 16.6. The van der Waals surface area contributed by atoms with E-state index in [0.29, 0.717) is 13.1 Å². The summed E-state index contributed by atoms with van der Waals surface area (Å²) >= 11 is 0. The second-order valence-electron chi connectivity index (χ2n) is 6.33. The fourth-order valence-electron chi connectivity index (χ4n) is 2.08. The minimum Gasteiger partial charge on any atom is -0.444 e. The molecule has 1 aliphatic heterocycles. The van der Waals surface area contributed by atoms with Gasteiger partial charge in [0.2, 0.25) is 5.91 Å². The second-order valence-corrected chi connectivity index (χ2v) is 6.33. The van der Waals surface area contributed by atoms with Gasteiger partial charge in [0.05, 0.1) is 0 Å². The number of likely N-dealkylation sites (tertiary alicyclic amines) is 1. The maximum absolute atomic E-state index is 12.0. The largest absolute Gasteiger partial charge is 0.444 e. The van der Waals surface area contributed by atoms with Crippen molar-refractivity contribution in [1.29, 1.82) is 0 Å². The smallest absolute Gasteiger partial charge is 0.410 e. The topological polar surface area (TPSA) is 58.6 Å². The van der Waals surface area contributed by atoms with E-state index in [1.807, 2.05) is 20.8 Å². The molecule has 0 bridgehead atoms. The first-order chi connectivity index (χ1) is 9.35. The van der Waals surface area contributed by atoms with Crippen LogP contribution in [0.3, 0.4) is 0 Å². The Morgan fingerprint density at radius 2 is 1.95 bits per heavy atom. The standard InChI is InChI=1S/C15H28N2O3/c1-5-6-7-8-10-16-13(18)12-9-11-17(12)14(19)20-15(2,3)4/h12H,5-11H2,1-4H3,(H,16,18). The predicted molar refractivity (Wildman–Crippen MR) is 78.5 cm³/mol. The van der Waals surface area contributed by atoms with Crippen molar-refractivity contribution in [2.75, 3.05) is 13.1 Å². The summed E-state index contributed by atoms with van der Waals surface area (Å²) < 4.78 is 5.29. The van der Waals surface area contributed by atoms with Crippen LogP contribution < -0.4 is 5.32 Å². The number of nitrogens with one attached hydrogen (secondary N) is 1. The van der Waals surface area contributed by atoms with Crippen LogP contribution in [0.25, 0.3) is 0 Å². The van der Waals surface area contributed by atoms with Crippen LogP contribution in [-0.2, 0) is 9.53 Å². The molecule has 1 aliphatic rings. The van der Waals surface area contributed by atoms with Gasteiger partial charge in [-0.05, 0) is 33.6 Å². The SMILES string of the molecule is CCCCCCNC(=O)C1CCN1C(=O)OC(C)(C)C. The van der Waals surface area contributed by atoms with Crippen LogP contribution >= 0.6 is 0 Å². The van der Waals surface area contributed by atoms with Gasteiger partial charge in [-0.2, -0.15) is 0 Å². The van der Waals surface area contributed by atoms with Gasteiger partial charge < -0.3 is 10.1 Å². The molecule has 0 radical (unpaired) electrons. The number of unbranched alkanes of at least 4 members (excludes halogenated alkanes) is 3. The summed E-state index contributed by atoms with van der Waals surface area (Å²) in [5.74, 6) is -0.0568. The van der Waals surface area contributed by atoms with E-state index in [1.54, 1.807) is 0 Å². The predicted octanol–water partition coefficient (Wildman–Crippen LogP) is 2.69. The van der Waals surface area contributed by atoms with Gasteiger partial charge in [0.1, 0.15) is 11.6 Å². The molecule has 1 heterocycles. The van der Waals surface area contributed by atoms with Crippen LogP contribution in [0.15, 0.2) is 0 Å². The average Bonchev–Trinajstić information content (AvgIpc) is 2.24. The zero-order valence-electron chi connectivity index (χ0n) is 13.2. The molecular formula is C15H28N2O3. The normalized spacial score (nSPS) is 18.4. The van der Waals surface area contributed by atoms with Gasteiger partial charge in [0, 0.05) is 13.1 Å². The number of hydrogen-bond acceptors (Lipinski definition) is 3. The monoisotopic (exact) mass is 284 g/mol. The molecule has 116 valence electrons.